The Kier molecular flexibility index (Phi) is 4.84. The van der Waals surface area contributed by atoms with Gasteiger partial charge in [-0.1, -0.05) is 0 Å². The molecule has 0 aromatic carbocycles. The van der Waals surface area contributed by atoms with Crippen LogP contribution in [0.2, 0.25) is 0 Å². The van der Waals surface area contributed by atoms with Crippen LogP contribution in [0.25, 0.3) is 0 Å². The molecule has 6 heteroatoms. The van der Waals surface area contributed by atoms with Crippen molar-refractivity contribution in [3.05, 3.63) is 0 Å². The third-order valence-electron chi connectivity index (χ3n) is 1.24. The zero-order valence-corrected chi connectivity index (χ0v) is 7.38. The van der Waals surface area contributed by atoms with Crippen LogP contribution in [0.3, 0.4) is 0 Å². The Labute approximate surface area is 70.9 Å². The van der Waals surface area contributed by atoms with E-state index in [1.807, 2.05) is 0 Å². The molecular formula is C6H12O5S. The number of carboxylic acids is 1. The minimum Gasteiger partial charge on any atom is -0.481 e. The maximum atomic E-state index is 10.9. The SMILES string of the molecule is O=C(O)CCS(=O)(=O)CCCO. The predicted molar refractivity (Wildman–Crippen MR) is 42.6 cm³/mol. The van der Waals surface area contributed by atoms with Crippen LogP contribution in [0, 0.1) is 0 Å². The summed E-state index contributed by atoms with van der Waals surface area (Å²) in [5.41, 5.74) is 0. The quantitative estimate of drug-likeness (QED) is 0.583. The lowest BCUT2D eigenvalue weighted by molar-refractivity contribution is -0.136. The lowest BCUT2D eigenvalue weighted by atomic mass is 10.5. The smallest absolute Gasteiger partial charge is 0.304 e. The standard InChI is InChI=1S/C6H12O5S/c7-3-1-4-12(10,11)5-2-6(8)9/h7H,1-5H2,(H,8,9). The maximum Gasteiger partial charge on any atom is 0.304 e. The van der Waals surface area contributed by atoms with Gasteiger partial charge in [0, 0.05) is 6.61 Å². The fourth-order valence-corrected chi connectivity index (χ4v) is 1.89. The second kappa shape index (κ2) is 5.10. The molecule has 0 saturated heterocycles. The third-order valence-corrected chi connectivity index (χ3v) is 2.98. The van der Waals surface area contributed by atoms with Crippen molar-refractivity contribution in [1.82, 2.24) is 0 Å². The van der Waals surface area contributed by atoms with Crippen molar-refractivity contribution in [2.24, 2.45) is 0 Å². The van der Waals surface area contributed by atoms with E-state index in [1.54, 1.807) is 0 Å². The van der Waals surface area contributed by atoms with Gasteiger partial charge in [-0.25, -0.2) is 8.42 Å². The highest BCUT2D eigenvalue weighted by Gasteiger charge is 2.11. The number of aliphatic hydroxyl groups excluding tert-OH is 1. The Bertz CT molecular complexity index is 230. The topological polar surface area (TPSA) is 91.7 Å². The van der Waals surface area contributed by atoms with Gasteiger partial charge in [0.15, 0.2) is 9.84 Å². The van der Waals surface area contributed by atoms with Gasteiger partial charge in [-0.15, -0.1) is 0 Å². The van der Waals surface area contributed by atoms with Crippen LogP contribution in [0.1, 0.15) is 12.8 Å². The van der Waals surface area contributed by atoms with Gasteiger partial charge >= 0.3 is 5.97 Å². The molecule has 12 heavy (non-hydrogen) atoms. The molecule has 0 aliphatic carbocycles. The van der Waals surface area contributed by atoms with E-state index < -0.39 is 15.8 Å². The van der Waals surface area contributed by atoms with Crippen LogP contribution in [-0.4, -0.2) is 42.7 Å². The first-order valence-corrected chi connectivity index (χ1v) is 5.33. The van der Waals surface area contributed by atoms with E-state index in [0.29, 0.717) is 0 Å². The normalized spacial score (nSPS) is 11.4. The molecule has 0 rings (SSSR count). The molecule has 0 atom stereocenters. The summed E-state index contributed by atoms with van der Waals surface area (Å²) >= 11 is 0. The van der Waals surface area contributed by atoms with E-state index >= 15 is 0 Å². The number of carboxylic acid groups (broad SMARTS) is 1. The van der Waals surface area contributed by atoms with Crippen LogP contribution in [0.4, 0.5) is 0 Å². The van der Waals surface area contributed by atoms with Gasteiger partial charge in [0.2, 0.25) is 0 Å². The summed E-state index contributed by atoms with van der Waals surface area (Å²) in [6.07, 6.45) is -0.199. The molecule has 0 aromatic rings. The molecule has 0 fully saturated rings. The number of aliphatic hydroxyl groups is 1. The van der Waals surface area contributed by atoms with Crippen molar-refractivity contribution in [1.29, 1.82) is 0 Å². The lowest BCUT2D eigenvalue weighted by Gasteiger charge is -1.99. The molecule has 0 aliphatic heterocycles. The van der Waals surface area contributed by atoms with Crippen molar-refractivity contribution < 1.29 is 23.4 Å². The number of sulfone groups is 1. The van der Waals surface area contributed by atoms with Crippen LogP contribution < -0.4 is 0 Å². The molecule has 5 nitrogen and oxygen atoms in total. The average Bonchev–Trinajstić information content (AvgIpc) is 1.98. The number of hydrogen-bond donors (Lipinski definition) is 2. The Morgan fingerprint density at radius 2 is 1.83 bits per heavy atom. The molecule has 0 amide bonds. The first-order valence-electron chi connectivity index (χ1n) is 3.51. The van der Waals surface area contributed by atoms with Crippen molar-refractivity contribution in [2.75, 3.05) is 18.1 Å². The van der Waals surface area contributed by atoms with Crippen molar-refractivity contribution >= 4 is 15.8 Å². The molecule has 0 aliphatic rings. The van der Waals surface area contributed by atoms with Crippen molar-refractivity contribution in [3.8, 4) is 0 Å². The average molecular weight is 196 g/mol. The van der Waals surface area contributed by atoms with E-state index in [9.17, 15) is 13.2 Å². The summed E-state index contributed by atoms with van der Waals surface area (Å²) < 4.78 is 21.8. The lowest BCUT2D eigenvalue weighted by Crippen LogP contribution is -2.14. The molecular weight excluding hydrogens is 184 g/mol. The fraction of sp³-hybridized carbons (Fsp3) is 0.833. The van der Waals surface area contributed by atoms with E-state index in [-0.39, 0.29) is 31.0 Å². The summed E-state index contributed by atoms with van der Waals surface area (Å²) in [6.45, 7) is -0.188. The van der Waals surface area contributed by atoms with Crippen LogP contribution in [0.15, 0.2) is 0 Å². The Morgan fingerprint density at radius 1 is 1.25 bits per heavy atom. The molecule has 0 unspecified atom stereocenters. The molecule has 0 bridgehead atoms. The van der Waals surface area contributed by atoms with Crippen LogP contribution in [0.5, 0.6) is 0 Å². The van der Waals surface area contributed by atoms with Crippen molar-refractivity contribution in [2.45, 2.75) is 12.8 Å². The Hall–Kier alpha value is -0.620. The Balaban J connectivity index is 3.80. The molecule has 0 aromatic heterocycles. The van der Waals surface area contributed by atoms with Gasteiger partial charge in [-0.05, 0) is 6.42 Å². The van der Waals surface area contributed by atoms with E-state index in [2.05, 4.69) is 0 Å². The summed E-state index contributed by atoms with van der Waals surface area (Å²) in [5.74, 6) is -1.61. The summed E-state index contributed by atoms with van der Waals surface area (Å²) in [6, 6.07) is 0. The van der Waals surface area contributed by atoms with Gasteiger partial charge in [0.1, 0.15) is 0 Å². The van der Waals surface area contributed by atoms with Crippen LogP contribution >= 0.6 is 0 Å². The van der Waals surface area contributed by atoms with E-state index in [1.165, 1.54) is 0 Å². The second-order valence-corrected chi connectivity index (χ2v) is 4.68. The highest BCUT2D eigenvalue weighted by molar-refractivity contribution is 7.91. The van der Waals surface area contributed by atoms with Gasteiger partial charge in [0.05, 0.1) is 17.9 Å². The first-order chi connectivity index (χ1) is 5.48. The predicted octanol–water partition coefficient (Wildman–Crippen LogP) is -0.742. The highest BCUT2D eigenvalue weighted by atomic mass is 32.2. The largest absolute Gasteiger partial charge is 0.481 e. The van der Waals surface area contributed by atoms with E-state index in [0.717, 1.165) is 0 Å². The number of aliphatic carboxylic acids is 1. The summed E-state index contributed by atoms with van der Waals surface area (Å²) in [7, 11) is -3.28. The first kappa shape index (κ1) is 11.4. The van der Waals surface area contributed by atoms with Gasteiger partial charge < -0.3 is 10.2 Å². The van der Waals surface area contributed by atoms with Gasteiger partial charge in [-0.2, -0.15) is 0 Å². The zero-order valence-electron chi connectivity index (χ0n) is 6.56. The molecule has 0 radical (unpaired) electrons. The van der Waals surface area contributed by atoms with Crippen LogP contribution in [-0.2, 0) is 14.6 Å². The fourth-order valence-electron chi connectivity index (χ4n) is 0.629. The summed E-state index contributed by atoms with van der Waals surface area (Å²) in [5, 5.41) is 16.5. The zero-order chi connectivity index (χ0) is 9.61. The molecule has 0 saturated carbocycles. The number of hydrogen-bond acceptors (Lipinski definition) is 4. The van der Waals surface area contributed by atoms with Gasteiger partial charge in [-0.3, -0.25) is 4.79 Å². The summed E-state index contributed by atoms with van der Waals surface area (Å²) in [4.78, 5) is 10.0. The molecule has 0 heterocycles. The Morgan fingerprint density at radius 3 is 2.25 bits per heavy atom. The monoisotopic (exact) mass is 196 g/mol. The van der Waals surface area contributed by atoms with E-state index in [4.69, 9.17) is 10.2 Å². The molecule has 0 spiro atoms. The minimum absolute atomic E-state index is 0.142. The minimum atomic E-state index is -3.28. The number of rotatable bonds is 6. The maximum absolute atomic E-state index is 10.9. The molecule has 2 N–H and O–H groups in total. The highest BCUT2D eigenvalue weighted by Crippen LogP contribution is 1.96. The third kappa shape index (κ3) is 6.11. The van der Waals surface area contributed by atoms with Crippen molar-refractivity contribution in [3.63, 3.8) is 0 Å². The molecule has 72 valence electrons. The van der Waals surface area contributed by atoms with Gasteiger partial charge in [0.25, 0.3) is 0 Å². The number of carbonyl (C=O) groups is 1. The second-order valence-electron chi connectivity index (χ2n) is 2.37.